The minimum atomic E-state index is -2.74. The van der Waals surface area contributed by atoms with Crippen LogP contribution >= 0.6 is 0 Å². The zero-order valence-corrected chi connectivity index (χ0v) is 17.9. The van der Waals surface area contributed by atoms with Gasteiger partial charge < -0.3 is 15.4 Å². The number of ether oxygens (including phenoxy) is 1. The van der Waals surface area contributed by atoms with Crippen LogP contribution < -0.4 is 10.5 Å². The van der Waals surface area contributed by atoms with E-state index in [1.807, 2.05) is 24.3 Å². The molecule has 2 aliphatic rings. The summed E-state index contributed by atoms with van der Waals surface area (Å²) in [7, 11) is 0. The first-order valence-corrected chi connectivity index (χ1v) is 11.1. The van der Waals surface area contributed by atoms with Crippen molar-refractivity contribution in [2.45, 2.75) is 51.6 Å². The molecule has 0 radical (unpaired) electrons. The largest absolute Gasteiger partial charge is 0.435 e. The molecule has 31 heavy (non-hydrogen) atoms. The van der Waals surface area contributed by atoms with E-state index in [0.717, 1.165) is 32.2 Å². The summed E-state index contributed by atoms with van der Waals surface area (Å²) < 4.78 is 28.3. The quantitative estimate of drug-likeness (QED) is 0.666. The van der Waals surface area contributed by atoms with Gasteiger partial charge in [-0.05, 0) is 92.9 Å². The van der Waals surface area contributed by atoms with Crippen LogP contribution in [0.1, 0.15) is 42.4 Å². The number of nitrogens with zero attached hydrogens (tertiary/aromatic N) is 1. The zero-order valence-electron chi connectivity index (χ0n) is 17.9. The number of hydrogen-bond acceptors (Lipinski definition) is 3. The third-order valence-electron chi connectivity index (χ3n) is 5.91. The minimum absolute atomic E-state index is 0.183. The number of primary amides is 1. The van der Waals surface area contributed by atoms with Crippen LogP contribution in [0, 0.1) is 5.92 Å². The van der Waals surface area contributed by atoms with Crippen molar-refractivity contribution in [1.82, 2.24) is 4.90 Å². The Balaban J connectivity index is 0.000000185. The van der Waals surface area contributed by atoms with E-state index < -0.39 is 6.61 Å². The minimum Gasteiger partial charge on any atom is -0.435 e. The Bertz CT molecular complexity index is 796. The molecule has 4 rings (SSSR count). The van der Waals surface area contributed by atoms with Crippen LogP contribution in [0.2, 0.25) is 0 Å². The van der Waals surface area contributed by atoms with Crippen LogP contribution in [-0.2, 0) is 24.1 Å². The summed E-state index contributed by atoms with van der Waals surface area (Å²) in [6.45, 7) is 0.837. The van der Waals surface area contributed by atoms with Gasteiger partial charge in [0.2, 0.25) is 5.91 Å². The van der Waals surface area contributed by atoms with Gasteiger partial charge in [-0.2, -0.15) is 8.78 Å². The fourth-order valence-corrected chi connectivity index (χ4v) is 4.43. The van der Waals surface area contributed by atoms with Gasteiger partial charge in [0.1, 0.15) is 5.75 Å². The van der Waals surface area contributed by atoms with Gasteiger partial charge in [-0.3, -0.25) is 4.79 Å². The van der Waals surface area contributed by atoms with Crippen molar-refractivity contribution >= 4 is 5.91 Å². The Morgan fingerprint density at radius 1 is 1.03 bits per heavy atom. The summed E-state index contributed by atoms with van der Waals surface area (Å²) in [6.07, 6.45) is 7.30. The Morgan fingerprint density at radius 3 is 2.19 bits per heavy atom. The number of nitrogens with two attached hydrogens (primary N) is 1. The molecular weight excluding hydrogens is 398 g/mol. The van der Waals surface area contributed by atoms with Crippen molar-refractivity contribution in [2.24, 2.45) is 11.7 Å². The molecule has 4 nitrogen and oxygen atoms in total. The number of aryl methyl sites for hydroxylation is 1. The molecule has 0 spiro atoms. The number of carbonyl (C=O) groups excluding carboxylic acids is 1. The molecule has 0 unspecified atom stereocenters. The molecule has 1 aliphatic carbocycles. The zero-order chi connectivity index (χ0) is 22.1. The number of amides is 1. The van der Waals surface area contributed by atoms with Crippen LogP contribution in [0.5, 0.6) is 5.75 Å². The van der Waals surface area contributed by atoms with E-state index in [2.05, 4.69) is 21.8 Å². The predicted octanol–water partition coefficient (Wildman–Crippen LogP) is 4.59. The lowest BCUT2D eigenvalue weighted by molar-refractivity contribution is -0.118. The van der Waals surface area contributed by atoms with Crippen LogP contribution in [0.15, 0.2) is 48.5 Å². The highest BCUT2D eigenvalue weighted by molar-refractivity contribution is 5.74. The average Bonchev–Trinajstić information content (AvgIpc) is 3.38. The van der Waals surface area contributed by atoms with Crippen LogP contribution in [0.4, 0.5) is 8.78 Å². The number of carbonyl (C=O) groups is 1. The average molecular weight is 431 g/mol. The fraction of sp³-hybridized carbons (Fsp3) is 0.480. The van der Waals surface area contributed by atoms with Gasteiger partial charge in [-0.15, -0.1) is 0 Å². The second-order valence-electron chi connectivity index (χ2n) is 8.39. The van der Waals surface area contributed by atoms with Crippen molar-refractivity contribution in [1.29, 1.82) is 0 Å². The Hall–Kier alpha value is -2.47. The van der Waals surface area contributed by atoms with Gasteiger partial charge in [0, 0.05) is 6.42 Å². The third kappa shape index (κ3) is 7.94. The smallest absolute Gasteiger partial charge is 0.387 e. The summed E-state index contributed by atoms with van der Waals surface area (Å²) in [5.41, 5.74) is 9.11. The number of likely N-dealkylation sites (tertiary alicyclic amines) is 1. The molecule has 1 saturated heterocycles. The van der Waals surface area contributed by atoms with E-state index in [9.17, 15) is 13.6 Å². The number of rotatable bonds is 8. The summed E-state index contributed by atoms with van der Waals surface area (Å²) in [5.74, 6) is 0.487. The van der Waals surface area contributed by atoms with Gasteiger partial charge >= 0.3 is 6.61 Å². The first-order valence-electron chi connectivity index (χ1n) is 11.1. The molecule has 0 saturated carbocycles. The van der Waals surface area contributed by atoms with Crippen LogP contribution in [0.3, 0.4) is 0 Å². The second kappa shape index (κ2) is 11.8. The second-order valence-corrected chi connectivity index (χ2v) is 8.39. The van der Waals surface area contributed by atoms with Crippen molar-refractivity contribution < 1.29 is 18.3 Å². The van der Waals surface area contributed by atoms with E-state index in [1.54, 1.807) is 12.1 Å². The van der Waals surface area contributed by atoms with Crippen molar-refractivity contribution in [2.75, 3.05) is 19.6 Å². The summed E-state index contributed by atoms with van der Waals surface area (Å²) in [4.78, 5) is 13.2. The number of benzene rings is 2. The first kappa shape index (κ1) is 23.2. The van der Waals surface area contributed by atoms with Crippen LogP contribution in [-0.4, -0.2) is 37.1 Å². The standard InChI is InChI=1S/C14H19F2NO.C11H13NO/c15-14(16)18-13-7-5-12(6-8-13)4-3-11-17-9-1-2-10-17;12-11(13)7-8-5-9-3-1-2-4-10(9)6-8/h5-8,14H,1-4,9-11H2;1-4,8H,5-7H2,(H2,12,13). The number of halogens is 2. The highest BCUT2D eigenvalue weighted by Crippen LogP contribution is 2.28. The van der Waals surface area contributed by atoms with E-state index >= 15 is 0 Å². The van der Waals surface area contributed by atoms with Crippen LogP contribution in [0.25, 0.3) is 0 Å². The Kier molecular flexibility index (Phi) is 8.83. The summed E-state index contributed by atoms with van der Waals surface area (Å²) in [5, 5.41) is 0. The molecule has 1 fully saturated rings. The lowest BCUT2D eigenvalue weighted by atomic mass is 10.0. The van der Waals surface area contributed by atoms with Crippen molar-refractivity contribution in [3.05, 3.63) is 65.2 Å². The number of alkyl halides is 2. The normalized spacial score (nSPS) is 16.1. The lowest BCUT2D eigenvalue weighted by Gasteiger charge is -2.14. The molecule has 1 amide bonds. The summed E-state index contributed by atoms with van der Waals surface area (Å²) >= 11 is 0. The molecule has 2 aromatic carbocycles. The SMILES string of the molecule is FC(F)Oc1ccc(CCCN2CCCC2)cc1.NC(=O)CC1Cc2ccccc2C1. The molecule has 2 aromatic rings. The number of hydrogen-bond donors (Lipinski definition) is 1. The third-order valence-corrected chi connectivity index (χ3v) is 5.91. The maximum Gasteiger partial charge on any atom is 0.387 e. The topological polar surface area (TPSA) is 55.6 Å². The van der Waals surface area contributed by atoms with E-state index in [1.165, 1.54) is 42.6 Å². The van der Waals surface area contributed by atoms with E-state index in [4.69, 9.17) is 5.73 Å². The van der Waals surface area contributed by atoms with Gasteiger partial charge in [0.05, 0.1) is 0 Å². The summed E-state index contributed by atoms with van der Waals surface area (Å²) in [6, 6.07) is 15.3. The number of fused-ring (bicyclic) bond motifs is 1. The molecule has 1 heterocycles. The molecule has 0 atom stereocenters. The monoisotopic (exact) mass is 430 g/mol. The van der Waals surface area contributed by atoms with E-state index in [-0.39, 0.29) is 11.7 Å². The molecule has 1 aliphatic heterocycles. The van der Waals surface area contributed by atoms with Crippen molar-refractivity contribution in [3.8, 4) is 5.75 Å². The van der Waals surface area contributed by atoms with Crippen molar-refractivity contribution in [3.63, 3.8) is 0 Å². The highest BCUT2D eigenvalue weighted by Gasteiger charge is 2.21. The molecule has 168 valence electrons. The predicted molar refractivity (Wildman–Crippen MR) is 118 cm³/mol. The molecular formula is C25H32F2N2O2. The maximum absolute atomic E-state index is 12.0. The first-order chi connectivity index (χ1) is 15.0. The molecule has 0 bridgehead atoms. The Morgan fingerprint density at radius 2 is 1.65 bits per heavy atom. The van der Waals surface area contributed by atoms with E-state index in [0.29, 0.717) is 12.3 Å². The highest BCUT2D eigenvalue weighted by atomic mass is 19.3. The van der Waals surface area contributed by atoms with Gasteiger partial charge in [0.15, 0.2) is 0 Å². The lowest BCUT2D eigenvalue weighted by Crippen LogP contribution is -2.20. The fourth-order valence-electron chi connectivity index (χ4n) is 4.43. The van der Waals surface area contributed by atoms with Gasteiger partial charge in [0.25, 0.3) is 0 Å². The maximum atomic E-state index is 12.0. The van der Waals surface area contributed by atoms with Gasteiger partial charge in [-0.25, -0.2) is 0 Å². The Labute approximate surface area is 183 Å². The molecule has 6 heteroatoms. The van der Waals surface area contributed by atoms with Gasteiger partial charge in [-0.1, -0.05) is 36.4 Å². The molecule has 2 N–H and O–H groups in total. The molecule has 0 aromatic heterocycles.